The van der Waals surface area contributed by atoms with Gasteiger partial charge in [-0.3, -0.25) is 4.79 Å². The van der Waals surface area contributed by atoms with Crippen LogP contribution in [-0.4, -0.2) is 15.6 Å². The van der Waals surface area contributed by atoms with Gasteiger partial charge in [-0.1, -0.05) is 23.2 Å². The normalized spacial score (nSPS) is 10.5. The van der Waals surface area contributed by atoms with Crippen molar-refractivity contribution in [2.24, 2.45) is 7.05 Å². The fraction of sp³-hybridized carbons (Fsp3) is 0.0769. The van der Waals surface area contributed by atoms with Crippen molar-refractivity contribution in [3.63, 3.8) is 0 Å². The molecule has 6 heteroatoms. The summed E-state index contributed by atoms with van der Waals surface area (Å²) in [5.41, 5.74) is 0.270. The topological polar surface area (TPSA) is 59.3 Å². The Kier molecular flexibility index (Phi) is 3.64. The number of rotatable bonds is 2. The summed E-state index contributed by atoms with van der Waals surface area (Å²) in [5, 5.41) is 9.77. The van der Waals surface area contributed by atoms with E-state index in [1.54, 1.807) is 24.3 Å². The third-order valence-electron chi connectivity index (χ3n) is 2.74. The Balaban J connectivity index is 2.68. The van der Waals surface area contributed by atoms with Crippen molar-refractivity contribution in [2.75, 3.05) is 0 Å². The van der Waals surface area contributed by atoms with Gasteiger partial charge in [0, 0.05) is 17.6 Å². The molecular weight excluding hydrogens is 289 g/mol. The summed E-state index contributed by atoms with van der Waals surface area (Å²) in [6.07, 6.45) is 0. The standard InChI is InChI=1S/C13H9Cl2NO3/c1-16-11(5-4-9(12(16)17)13(18)19)8-3-2-7(14)6-10(8)15/h2-6H,1H3,(H,18,19). The second-order valence-electron chi connectivity index (χ2n) is 3.93. The Labute approximate surface area is 118 Å². The Morgan fingerprint density at radius 1 is 1.21 bits per heavy atom. The molecule has 0 radical (unpaired) electrons. The van der Waals surface area contributed by atoms with Gasteiger partial charge in [0.15, 0.2) is 0 Å². The molecule has 0 bridgehead atoms. The number of hydrogen-bond acceptors (Lipinski definition) is 2. The molecule has 0 atom stereocenters. The SMILES string of the molecule is Cn1c(-c2ccc(Cl)cc2Cl)ccc(C(=O)O)c1=O. The first kappa shape index (κ1) is 13.6. The molecule has 0 aliphatic carbocycles. The number of hydrogen-bond donors (Lipinski definition) is 1. The van der Waals surface area contributed by atoms with Crippen molar-refractivity contribution in [2.45, 2.75) is 0 Å². The average Bonchev–Trinajstić information content (AvgIpc) is 2.33. The number of nitrogens with zero attached hydrogens (tertiary/aromatic N) is 1. The zero-order valence-corrected chi connectivity index (χ0v) is 11.4. The van der Waals surface area contributed by atoms with Crippen LogP contribution < -0.4 is 5.56 Å². The van der Waals surface area contributed by atoms with E-state index in [4.69, 9.17) is 28.3 Å². The third kappa shape index (κ3) is 2.50. The van der Waals surface area contributed by atoms with Gasteiger partial charge in [-0.05, 0) is 30.3 Å². The minimum absolute atomic E-state index is 0.281. The Morgan fingerprint density at radius 2 is 1.89 bits per heavy atom. The first-order valence-corrected chi connectivity index (χ1v) is 6.06. The Morgan fingerprint density at radius 3 is 2.47 bits per heavy atom. The maximum atomic E-state index is 11.9. The van der Waals surface area contributed by atoms with Gasteiger partial charge >= 0.3 is 5.97 Å². The molecule has 98 valence electrons. The highest BCUT2D eigenvalue weighted by Gasteiger charge is 2.14. The number of aromatic carboxylic acids is 1. The van der Waals surface area contributed by atoms with Gasteiger partial charge in [0.25, 0.3) is 5.56 Å². The Bertz CT molecular complexity index is 722. The fourth-order valence-corrected chi connectivity index (χ4v) is 2.27. The minimum atomic E-state index is -1.26. The number of carbonyl (C=O) groups is 1. The molecule has 1 heterocycles. The van der Waals surface area contributed by atoms with E-state index < -0.39 is 11.5 Å². The number of pyridine rings is 1. The van der Waals surface area contributed by atoms with Crippen LogP contribution in [-0.2, 0) is 7.05 Å². The van der Waals surface area contributed by atoms with Crippen LogP contribution >= 0.6 is 23.2 Å². The van der Waals surface area contributed by atoms with Gasteiger partial charge in [0.1, 0.15) is 5.56 Å². The van der Waals surface area contributed by atoms with Crippen LogP contribution in [0.1, 0.15) is 10.4 Å². The third-order valence-corrected chi connectivity index (χ3v) is 3.29. The van der Waals surface area contributed by atoms with E-state index in [-0.39, 0.29) is 5.56 Å². The number of carboxylic acid groups (broad SMARTS) is 1. The lowest BCUT2D eigenvalue weighted by Gasteiger charge is -2.11. The predicted octanol–water partition coefficient (Wildman–Crippen LogP) is 3.06. The van der Waals surface area contributed by atoms with Crippen molar-refractivity contribution in [1.82, 2.24) is 4.57 Å². The van der Waals surface area contributed by atoms with Crippen LogP contribution in [0.25, 0.3) is 11.3 Å². The second kappa shape index (κ2) is 5.07. The maximum absolute atomic E-state index is 11.9. The summed E-state index contributed by atoms with van der Waals surface area (Å²) in [5.74, 6) is -1.26. The number of carboxylic acids is 1. The van der Waals surface area contributed by atoms with E-state index in [1.807, 2.05) is 0 Å². The molecule has 0 aliphatic heterocycles. The quantitative estimate of drug-likeness (QED) is 0.927. The van der Waals surface area contributed by atoms with Gasteiger partial charge in [0.2, 0.25) is 0 Å². The molecule has 4 nitrogen and oxygen atoms in total. The highest BCUT2D eigenvalue weighted by Crippen LogP contribution is 2.29. The summed E-state index contributed by atoms with van der Waals surface area (Å²) < 4.78 is 1.25. The summed E-state index contributed by atoms with van der Waals surface area (Å²) in [4.78, 5) is 22.8. The average molecular weight is 298 g/mol. The van der Waals surface area contributed by atoms with Crippen molar-refractivity contribution in [1.29, 1.82) is 0 Å². The van der Waals surface area contributed by atoms with Gasteiger partial charge in [0.05, 0.1) is 10.7 Å². The molecule has 1 aromatic carbocycles. The van der Waals surface area contributed by atoms with E-state index in [2.05, 4.69) is 0 Å². The highest BCUT2D eigenvalue weighted by atomic mass is 35.5. The molecule has 0 aliphatic rings. The lowest BCUT2D eigenvalue weighted by atomic mass is 10.1. The van der Waals surface area contributed by atoms with Gasteiger partial charge in [-0.15, -0.1) is 0 Å². The van der Waals surface area contributed by atoms with Crippen molar-refractivity contribution >= 4 is 29.2 Å². The number of aromatic nitrogens is 1. The molecule has 2 aromatic rings. The smallest absolute Gasteiger partial charge is 0.341 e. The molecule has 0 unspecified atom stereocenters. The zero-order chi connectivity index (χ0) is 14.2. The summed E-state index contributed by atoms with van der Waals surface area (Å²) >= 11 is 11.9. The second-order valence-corrected chi connectivity index (χ2v) is 4.77. The van der Waals surface area contributed by atoms with Crippen molar-refractivity contribution < 1.29 is 9.90 Å². The lowest BCUT2D eigenvalue weighted by Crippen LogP contribution is -2.25. The molecule has 0 saturated heterocycles. The molecule has 0 fully saturated rings. The van der Waals surface area contributed by atoms with Gasteiger partial charge < -0.3 is 9.67 Å². The highest BCUT2D eigenvalue weighted by molar-refractivity contribution is 6.36. The molecule has 1 aromatic heterocycles. The minimum Gasteiger partial charge on any atom is -0.477 e. The van der Waals surface area contributed by atoms with Crippen molar-refractivity contribution in [3.05, 3.63) is 56.3 Å². The Hall–Kier alpha value is -1.78. The van der Waals surface area contributed by atoms with Crippen LogP contribution in [0.15, 0.2) is 35.1 Å². The molecule has 0 spiro atoms. The molecular formula is C13H9Cl2NO3. The number of benzene rings is 1. The van der Waals surface area contributed by atoms with Crippen LogP contribution in [0.2, 0.25) is 10.0 Å². The first-order chi connectivity index (χ1) is 8.91. The van der Waals surface area contributed by atoms with E-state index in [0.717, 1.165) is 0 Å². The molecule has 0 amide bonds. The molecule has 0 saturated carbocycles. The van der Waals surface area contributed by atoms with Crippen molar-refractivity contribution in [3.8, 4) is 11.3 Å². The lowest BCUT2D eigenvalue weighted by molar-refractivity contribution is 0.0694. The van der Waals surface area contributed by atoms with E-state index in [0.29, 0.717) is 21.3 Å². The summed E-state index contributed by atoms with van der Waals surface area (Å²) in [6.45, 7) is 0. The van der Waals surface area contributed by atoms with Crippen LogP contribution in [0.4, 0.5) is 0 Å². The predicted molar refractivity (Wildman–Crippen MR) is 74.1 cm³/mol. The number of halogens is 2. The largest absolute Gasteiger partial charge is 0.477 e. The van der Waals surface area contributed by atoms with Crippen LogP contribution in [0.3, 0.4) is 0 Å². The molecule has 2 rings (SSSR count). The molecule has 19 heavy (non-hydrogen) atoms. The maximum Gasteiger partial charge on any atom is 0.341 e. The van der Waals surface area contributed by atoms with E-state index in [9.17, 15) is 9.59 Å². The van der Waals surface area contributed by atoms with Crippen LogP contribution in [0.5, 0.6) is 0 Å². The first-order valence-electron chi connectivity index (χ1n) is 5.30. The summed E-state index contributed by atoms with van der Waals surface area (Å²) in [7, 11) is 1.50. The monoisotopic (exact) mass is 297 g/mol. The van der Waals surface area contributed by atoms with E-state index in [1.165, 1.54) is 17.7 Å². The zero-order valence-electron chi connectivity index (χ0n) is 9.85. The molecule has 1 N–H and O–H groups in total. The fourth-order valence-electron chi connectivity index (χ4n) is 1.77. The van der Waals surface area contributed by atoms with Gasteiger partial charge in [-0.25, -0.2) is 4.79 Å². The van der Waals surface area contributed by atoms with Gasteiger partial charge in [-0.2, -0.15) is 0 Å². The van der Waals surface area contributed by atoms with E-state index >= 15 is 0 Å². The summed E-state index contributed by atoms with van der Waals surface area (Å²) in [6, 6.07) is 7.71. The van der Waals surface area contributed by atoms with Crippen LogP contribution in [0, 0.1) is 0 Å².